The fourth-order valence-corrected chi connectivity index (χ4v) is 6.93. The average Bonchev–Trinajstić information content (AvgIpc) is 3.72. The van der Waals surface area contributed by atoms with E-state index in [1.165, 1.54) is 4.90 Å². The molecule has 1 heterocycles. The van der Waals surface area contributed by atoms with E-state index < -0.39 is 12.0 Å². The second-order valence-electron chi connectivity index (χ2n) is 10.7. The van der Waals surface area contributed by atoms with Gasteiger partial charge in [0.1, 0.15) is 11.8 Å². The van der Waals surface area contributed by atoms with E-state index in [0.29, 0.717) is 17.6 Å². The van der Waals surface area contributed by atoms with Crippen molar-refractivity contribution in [1.29, 1.82) is 0 Å². The third kappa shape index (κ3) is 3.64. The zero-order valence-electron chi connectivity index (χ0n) is 20.3. The number of hydrogen-bond acceptors (Lipinski definition) is 4. The van der Waals surface area contributed by atoms with Crippen LogP contribution in [0, 0.1) is 35.5 Å². The van der Waals surface area contributed by atoms with Crippen LogP contribution in [-0.2, 0) is 20.8 Å². The number of esters is 1. The van der Waals surface area contributed by atoms with Crippen molar-refractivity contribution in [2.75, 3.05) is 0 Å². The third-order valence-corrected chi connectivity index (χ3v) is 8.73. The summed E-state index contributed by atoms with van der Waals surface area (Å²) in [6.07, 6.45) is 5.62. The Morgan fingerprint density at radius 2 is 1.30 bits per heavy atom. The molecule has 2 bridgehead atoms. The molecule has 2 saturated carbocycles. The highest BCUT2D eigenvalue weighted by molar-refractivity contribution is 6.09. The summed E-state index contributed by atoms with van der Waals surface area (Å²) in [6.45, 7) is 0. The Labute approximate surface area is 215 Å². The van der Waals surface area contributed by atoms with Crippen LogP contribution in [0.1, 0.15) is 12.0 Å². The maximum absolute atomic E-state index is 13.8. The molecule has 3 fully saturated rings. The molecule has 1 saturated heterocycles. The summed E-state index contributed by atoms with van der Waals surface area (Å²) in [7, 11) is 0. The van der Waals surface area contributed by atoms with Crippen LogP contribution in [0.4, 0.5) is 0 Å². The van der Waals surface area contributed by atoms with E-state index in [9.17, 15) is 14.4 Å². The molecule has 37 heavy (non-hydrogen) atoms. The van der Waals surface area contributed by atoms with Gasteiger partial charge in [0.2, 0.25) is 11.8 Å². The van der Waals surface area contributed by atoms with Crippen LogP contribution < -0.4 is 4.74 Å². The number of hydrogen-bond donors (Lipinski definition) is 0. The first-order valence-electron chi connectivity index (χ1n) is 13.1. The number of ether oxygens (including phenoxy) is 1. The molecule has 0 aromatic heterocycles. The first-order valence-corrected chi connectivity index (χ1v) is 13.1. The minimum Gasteiger partial charge on any atom is -0.425 e. The molecule has 5 aliphatic rings. The lowest BCUT2D eigenvalue weighted by molar-refractivity contribution is -0.153. The lowest BCUT2D eigenvalue weighted by Crippen LogP contribution is -2.48. The Morgan fingerprint density at radius 3 is 1.89 bits per heavy atom. The first kappa shape index (κ1) is 22.2. The van der Waals surface area contributed by atoms with Crippen molar-refractivity contribution in [1.82, 2.24) is 4.90 Å². The summed E-state index contributed by atoms with van der Waals surface area (Å²) in [4.78, 5) is 42.4. The third-order valence-electron chi connectivity index (χ3n) is 8.73. The van der Waals surface area contributed by atoms with Gasteiger partial charge >= 0.3 is 5.97 Å². The summed E-state index contributed by atoms with van der Waals surface area (Å²) < 4.78 is 5.80. The first-order chi connectivity index (χ1) is 18.1. The van der Waals surface area contributed by atoms with E-state index in [0.717, 1.165) is 23.1 Å². The highest BCUT2D eigenvalue weighted by Gasteiger charge is 2.68. The normalized spacial score (nSPS) is 29.6. The van der Waals surface area contributed by atoms with Gasteiger partial charge < -0.3 is 4.74 Å². The van der Waals surface area contributed by atoms with Crippen molar-refractivity contribution in [3.05, 3.63) is 103 Å². The molecule has 0 N–H and O–H groups in total. The largest absolute Gasteiger partial charge is 0.425 e. The van der Waals surface area contributed by atoms with Gasteiger partial charge in [-0.2, -0.15) is 0 Å². The Kier molecular flexibility index (Phi) is 5.13. The number of rotatable bonds is 6. The number of benzene rings is 3. The van der Waals surface area contributed by atoms with Gasteiger partial charge in [0.25, 0.3) is 0 Å². The maximum atomic E-state index is 13.8. The minimum absolute atomic E-state index is 0.111. The van der Waals surface area contributed by atoms with Gasteiger partial charge in [-0.3, -0.25) is 14.5 Å². The fourth-order valence-electron chi connectivity index (χ4n) is 6.93. The predicted molar refractivity (Wildman–Crippen MR) is 138 cm³/mol. The SMILES string of the molecule is O=C(Oc1ccc(-c2ccccc2)cc1)[C@H](Cc1ccccc1)N1C(=O)[C@@H]2[C@@H]3C=C[C@H]([C@H]4C[C@H]34)[C@@H]2C1=O. The molecule has 3 aromatic carbocycles. The van der Waals surface area contributed by atoms with Crippen molar-refractivity contribution in [2.45, 2.75) is 18.9 Å². The number of allylic oxidation sites excluding steroid dienone is 2. The molecule has 0 unspecified atom stereocenters. The number of carbonyl (C=O) groups excluding carboxylic acids is 3. The molecular weight excluding hydrogens is 462 g/mol. The molecule has 8 rings (SSSR count). The van der Waals surface area contributed by atoms with E-state index >= 15 is 0 Å². The van der Waals surface area contributed by atoms with Gasteiger partial charge in [-0.25, -0.2) is 4.79 Å². The van der Waals surface area contributed by atoms with Crippen LogP contribution in [-0.4, -0.2) is 28.7 Å². The molecule has 5 heteroatoms. The quantitative estimate of drug-likeness (QED) is 0.213. The lowest BCUT2D eigenvalue weighted by atomic mass is 9.63. The lowest BCUT2D eigenvalue weighted by Gasteiger charge is -2.37. The Morgan fingerprint density at radius 1 is 0.757 bits per heavy atom. The molecule has 3 aromatic rings. The van der Waals surface area contributed by atoms with Gasteiger partial charge in [-0.15, -0.1) is 0 Å². The summed E-state index contributed by atoms with van der Waals surface area (Å²) in [5.41, 5.74) is 2.96. The van der Waals surface area contributed by atoms with Crippen LogP contribution in [0.5, 0.6) is 5.75 Å². The zero-order valence-corrected chi connectivity index (χ0v) is 20.3. The Bertz CT molecular complexity index is 1360. The average molecular weight is 490 g/mol. The number of likely N-dealkylation sites (tertiary alicyclic amines) is 1. The van der Waals surface area contributed by atoms with Crippen LogP contribution in [0.2, 0.25) is 0 Å². The molecule has 1 aliphatic heterocycles. The maximum Gasteiger partial charge on any atom is 0.335 e. The van der Waals surface area contributed by atoms with Gasteiger partial charge in [-0.1, -0.05) is 84.9 Å². The van der Waals surface area contributed by atoms with Gasteiger partial charge in [0.05, 0.1) is 11.8 Å². The summed E-state index contributed by atoms with van der Waals surface area (Å²) >= 11 is 0. The number of amides is 2. The summed E-state index contributed by atoms with van der Waals surface area (Å²) in [5.74, 6) is -0.0599. The van der Waals surface area contributed by atoms with E-state index in [2.05, 4.69) is 12.2 Å². The van der Waals surface area contributed by atoms with E-state index in [-0.39, 0.29) is 41.9 Å². The number of nitrogens with zero attached hydrogens (tertiary/aromatic N) is 1. The van der Waals surface area contributed by atoms with Crippen molar-refractivity contribution < 1.29 is 19.1 Å². The van der Waals surface area contributed by atoms with Crippen molar-refractivity contribution in [3.63, 3.8) is 0 Å². The second-order valence-corrected chi connectivity index (χ2v) is 10.7. The molecule has 184 valence electrons. The monoisotopic (exact) mass is 489 g/mol. The molecule has 4 aliphatic carbocycles. The van der Waals surface area contributed by atoms with Gasteiger partial charge in [-0.05, 0) is 58.9 Å². The van der Waals surface area contributed by atoms with Crippen molar-refractivity contribution in [3.8, 4) is 16.9 Å². The summed E-state index contributed by atoms with van der Waals surface area (Å²) in [6, 6.07) is 25.8. The molecular formula is C32H27NO4. The highest BCUT2D eigenvalue weighted by Crippen LogP contribution is 2.65. The standard InChI is InChI=1S/C32H27NO4/c34-30-28-23-15-16-24(26-18-25(23)26)29(28)31(35)33(30)27(17-19-7-3-1-4-8-19)32(36)37-22-13-11-21(12-14-22)20-9-5-2-6-10-20/h1-16,23-29H,17-18H2/t23-,24-,25-,26-,27+,28-,29+/m1/s1. The summed E-state index contributed by atoms with van der Waals surface area (Å²) in [5, 5.41) is 0. The predicted octanol–water partition coefficient (Wildman–Crippen LogP) is 4.92. The molecule has 0 spiro atoms. The Balaban J connectivity index is 1.17. The molecule has 5 nitrogen and oxygen atoms in total. The molecule has 7 atom stereocenters. The minimum atomic E-state index is -1.00. The van der Waals surface area contributed by atoms with Crippen LogP contribution >= 0.6 is 0 Å². The fraction of sp³-hybridized carbons (Fsp3) is 0.281. The highest BCUT2D eigenvalue weighted by atomic mass is 16.5. The zero-order chi connectivity index (χ0) is 25.1. The van der Waals surface area contributed by atoms with Gasteiger partial charge in [0, 0.05) is 6.42 Å². The van der Waals surface area contributed by atoms with Crippen LogP contribution in [0.15, 0.2) is 97.1 Å². The van der Waals surface area contributed by atoms with E-state index in [1.807, 2.05) is 72.8 Å². The molecule has 2 amide bonds. The van der Waals surface area contributed by atoms with Crippen LogP contribution in [0.25, 0.3) is 11.1 Å². The number of imide groups is 1. The topological polar surface area (TPSA) is 63.7 Å². The van der Waals surface area contributed by atoms with Crippen LogP contribution in [0.3, 0.4) is 0 Å². The van der Waals surface area contributed by atoms with Crippen molar-refractivity contribution >= 4 is 17.8 Å². The molecule has 0 radical (unpaired) electrons. The van der Waals surface area contributed by atoms with Gasteiger partial charge in [0.15, 0.2) is 0 Å². The Hall–Kier alpha value is -3.99. The smallest absolute Gasteiger partial charge is 0.335 e. The van der Waals surface area contributed by atoms with Crippen molar-refractivity contribution in [2.24, 2.45) is 35.5 Å². The number of carbonyl (C=O) groups is 3. The second kappa shape index (κ2) is 8.55. The van der Waals surface area contributed by atoms with E-state index in [4.69, 9.17) is 4.74 Å². The van der Waals surface area contributed by atoms with E-state index in [1.54, 1.807) is 12.1 Å².